The summed E-state index contributed by atoms with van der Waals surface area (Å²) in [5.41, 5.74) is 0. The number of esters is 2. The summed E-state index contributed by atoms with van der Waals surface area (Å²) in [5, 5.41) is 40.1. The lowest BCUT2D eigenvalue weighted by Crippen LogP contribution is -2.59. The Kier molecular flexibility index (Phi) is 35.3. The van der Waals surface area contributed by atoms with Gasteiger partial charge in [-0.05, 0) is 38.5 Å². The van der Waals surface area contributed by atoms with E-state index in [9.17, 15) is 30.0 Å². The normalized spacial score (nSPS) is 20.4. The largest absolute Gasteiger partial charge is 0.462 e. The van der Waals surface area contributed by atoms with Gasteiger partial charge in [0.05, 0.1) is 13.2 Å². The number of hydrogen-bond donors (Lipinski definition) is 4. The highest BCUT2D eigenvalue weighted by Crippen LogP contribution is 2.23. The van der Waals surface area contributed by atoms with Crippen molar-refractivity contribution in [1.82, 2.24) is 0 Å². The van der Waals surface area contributed by atoms with E-state index in [4.69, 9.17) is 18.9 Å². The third-order valence-corrected chi connectivity index (χ3v) is 10.9. The van der Waals surface area contributed by atoms with Gasteiger partial charge in [-0.3, -0.25) is 9.59 Å². The quantitative estimate of drug-likeness (QED) is 0.0269. The standard InChI is InChI=1S/C46H86O10/c1-3-5-7-9-11-13-15-17-18-19-20-21-23-24-26-28-30-32-34-41(48)53-37-39(38-54-46-45(52)44(51)43(50)40(36-47)56-46)55-42(49)35-33-31-29-27-25-22-16-14-12-10-8-6-4-2/h14,16,39-40,43-47,50-52H,3-13,15,17-38H2,1-2H3/b16-14+/t39-,40-,43+,44?,45?,46-/m0/s1. The van der Waals surface area contributed by atoms with Gasteiger partial charge >= 0.3 is 11.9 Å². The van der Waals surface area contributed by atoms with Gasteiger partial charge in [0, 0.05) is 12.8 Å². The Morgan fingerprint density at radius 1 is 0.536 bits per heavy atom. The minimum atomic E-state index is -1.59. The molecule has 0 aromatic rings. The van der Waals surface area contributed by atoms with Gasteiger partial charge in [0.2, 0.25) is 0 Å². The molecule has 0 bridgehead atoms. The Morgan fingerprint density at radius 2 is 0.946 bits per heavy atom. The molecule has 10 nitrogen and oxygen atoms in total. The Morgan fingerprint density at radius 3 is 1.41 bits per heavy atom. The third kappa shape index (κ3) is 28.8. The summed E-state index contributed by atoms with van der Waals surface area (Å²) in [5.74, 6) is -0.806. The lowest BCUT2D eigenvalue weighted by Gasteiger charge is -2.39. The molecular formula is C46H86O10. The predicted molar refractivity (Wildman–Crippen MR) is 224 cm³/mol. The molecular weight excluding hydrogens is 712 g/mol. The van der Waals surface area contributed by atoms with Crippen molar-refractivity contribution in [1.29, 1.82) is 0 Å². The van der Waals surface area contributed by atoms with Gasteiger partial charge in [-0.25, -0.2) is 0 Å². The molecule has 6 atom stereocenters. The Bertz CT molecular complexity index is 928. The van der Waals surface area contributed by atoms with Crippen molar-refractivity contribution in [2.24, 2.45) is 0 Å². The summed E-state index contributed by atoms with van der Waals surface area (Å²) in [6.07, 6.45) is 32.2. The van der Waals surface area contributed by atoms with Crippen molar-refractivity contribution in [2.45, 2.75) is 250 Å². The van der Waals surface area contributed by atoms with Crippen molar-refractivity contribution in [2.75, 3.05) is 19.8 Å². The molecule has 1 rings (SSSR count). The lowest BCUT2D eigenvalue weighted by molar-refractivity contribution is -0.305. The van der Waals surface area contributed by atoms with Crippen LogP contribution in [0.1, 0.15) is 213 Å². The summed E-state index contributed by atoms with van der Waals surface area (Å²) in [4.78, 5) is 25.3. The van der Waals surface area contributed by atoms with Crippen LogP contribution in [-0.4, -0.2) is 89.0 Å². The van der Waals surface area contributed by atoms with Crippen LogP contribution in [0.5, 0.6) is 0 Å². The minimum absolute atomic E-state index is 0.215. The van der Waals surface area contributed by atoms with E-state index in [1.54, 1.807) is 0 Å². The number of ether oxygens (including phenoxy) is 4. The molecule has 1 aliphatic rings. The van der Waals surface area contributed by atoms with Crippen molar-refractivity contribution in [3.63, 3.8) is 0 Å². The summed E-state index contributed by atoms with van der Waals surface area (Å²) >= 11 is 0. The minimum Gasteiger partial charge on any atom is -0.462 e. The maximum atomic E-state index is 12.7. The van der Waals surface area contributed by atoms with Crippen LogP contribution in [0.3, 0.4) is 0 Å². The van der Waals surface area contributed by atoms with Crippen LogP contribution < -0.4 is 0 Å². The summed E-state index contributed by atoms with van der Waals surface area (Å²) in [6, 6.07) is 0. The van der Waals surface area contributed by atoms with E-state index in [0.29, 0.717) is 6.42 Å². The predicted octanol–water partition coefficient (Wildman–Crippen LogP) is 9.95. The number of hydrogen-bond acceptors (Lipinski definition) is 10. The second-order valence-corrected chi connectivity index (χ2v) is 16.2. The zero-order valence-corrected chi connectivity index (χ0v) is 35.9. The van der Waals surface area contributed by atoms with Gasteiger partial charge in [-0.2, -0.15) is 0 Å². The van der Waals surface area contributed by atoms with Crippen LogP contribution in [0.25, 0.3) is 0 Å². The number of aliphatic hydroxyl groups excluding tert-OH is 4. The highest BCUT2D eigenvalue weighted by atomic mass is 16.7. The molecule has 2 unspecified atom stereocenters. The Balaban J connectivity index is 2.29. The van der Waals surface area contributed by atoms with Crippen LogP contribution in [-0.2, 0) is 28.5 Å². The number of aliphatic hydroxyl groups is 4. The first-order valence-electron chi connectivity index (χ1n) is 23.3. The van der Waals surface area contributed by atoms with Crippen molar-refractivity contribution in [3.05, 3.63) is 12.2 Å². The number of unbranched alkanes of at least 4 members (excludes halogenated alkanes) is 26. The molecule has 0 aromatic heterocycles. The fourth-order valence-electron chi connectivity index (χ4n) is 7.18. The van der Waals surface area contributed by atoms with Gasteiger partial charge in [0.25, 0.3) is 0 Å². The number of carbonyl (C=O) groups excluding carboxylic acids is 2. The zero-order chi connectivity index (χ0) is 40.9. The first-order valence-corrected chi connectivity index (χ1v) is 23.3. The lowest BCUT2D eigenvalue weighted by atomic mass is 9.99. The molecule has 0 spiro atoms. The van der Waals surface area contributed by atoms with Gasteiger partial charge in [0.15, 0.2) is 12.4 Å². The molecule has 1 heterocycles. The Labute approximate surface area is 341 Å². The monoisotopic (exact) mass is 799 g/mol. The van der Waals surface area contributed by atoms with E-state index in [2.05, 4.69) is 26.0 Å². The molecule has 330 valence electrons. The van der Waals surface area contributed by atoms with Crippen LogP contribution in [0.2, 0.25) is 0 Å². The average Bonchev–Trinajstić information content (AvgIpc) is 3.19. The van der Waals surface area contributed by atoms with Crippen LogP contribution in [0.4, 0.5) is 0 Å². The van der Waals surface area contributed by atoms with Crippen molar-refractivity contribution >= 4 is 11.9 Å². The molecule has 4 N–H and O–H groups in total. The van der Waals surface area contributed by atoms with Crippen molar-refractivity contribution in [3.8, 4) is 0 Å². The number of rotatable bonds is 39. The zero-order valence-electron chi connectivity index (χ0n) is 35.9. The van der Waals surface area contributed by atoms with E-state index >= 15 is 0 Å². The van der Waals surface area contributed by atoms with Crippen LogP contribution in [0, 0.1) is 0 Å². The second kappa shape index (κ2) is 37.7. The maximum absolute atomic E-state index is 12.7. The summed E-state index contributed by atoms with van der Waals surface area (Å²) in [7, 11) is 0. The fourth-order valence-corrected chi connectivity index (χ4v) is 7.18. The maximum Gasteiger partial charge on any atom is 0.306 e. The van der Waals surface area contributed by atoms with Gasteiger partial charge in [-0.1, -0.05) is 174 Å². The first kappa shape index (κ1) is 52.5. The molecule has 0 aromatic carbocycles. The Hall–Kier alpha value is -1.56. The molecule has 1 fully saturated rings. The smallest absolute Gasteiger partial charge is 0.306 e. The molecule has 0 aliphatic carbocycles. The van der Waals surface area contributed by atoms with Crippen LogP contribution >= 0.6 is 0 Å². The first-order chi connectivity index (χ1) is 27.3. The van der Waals surface area contributed by atoms with E-state index in [1.807, 2.05) is 0 Å². The van der Waals surface area contributed by atoms with Crippen molar-refractivity contribution < 1.29 is 49.0 Å². The molecule has 10 heteroatoms. The SMILES string of the molecule is CCCCCC/C=C/CCCCCCCC(=O)O[C@@H](COC(=O)CCCCCCCCCCCCCCCCCCCC)CO[C@H]1O[C@@H](CO)[C@@H](O)C(O)C1O. The number of carbonyl (C=O) groups is 2. The van der Waals surface area contributed by atoms with Gasteiger partial charge in [0.1, 0.15) is 31.0 Å². The number of allylic oxidation sites excluding steroid dienone is 2. The molecule has 1 aliphatic heterocycles. The van der Waals surface area contributed by atoms with E-state index in [0.717, 1.165) is 57.8 Å². The van der Waals surface area contributed by atoms with Gasteiger partial charge in [-0.15, -0.1) is 0 Å². The topological polar surface area (TPSA) is 152 Å². The molecule has 0 radical (unpaired) electrons. The second-order valence-electron chi connectivity index (χ2n) is 16.2. The molecule has 1 saturated heterocycles. The fraction of sp³-hybridized carbons (Fsp3) is 0.913. The summed E-state index contributed by atoms with van der Waals surface area (Å²) < 4.78 is 22.2. The van der Waals surface area contributed by atoms with E-state index in [1.165, 1.54) is 122 Å². The van der Waals surface area contributed by atoms with Gasteiger partial charge < -0.3 is 39.4 Å². The highest BCUT2D eigenvalue weighted by molar-refractivity contribution is 5.70. The average molecular weight is 799 g/mol. The summed E-state index contributed by atoms with van der Waals surface area (Å²) in [6.45, 7) is 3.42. The molecule has 0 amide bonds. The molecule has 56 heavy (non-hydrogen) atoms. The molecule has 0 saturated carbocycles. The van der Waals surface area contributed by atoms with Crippen LogP contribution in [0.15, 0.2) is 12.2 Å². The van der Waals surface area contributed by atoms with E-state index in [-0.39, 0.29) is 32.0 Å². The van der Waals surface area contributed by atoms with E-state index < -0.39 is 49.4 Å². The highest BCUT2D eigenvalue weighted by Gasteiger charge is 2.44. The third-order valence-electron chi connectivity index (χ3n) is 10.9.